The molecule has 0 aliphatic heterocycles. The Morgan fingerprint density at radius 1 is 1.55 bits per heavy atom. The summed E-state index contributed by atoms with van der Waals surface area (Å²) in [6, 6.07) is 3.63. The first-order valence-corrected chi connectivity index (χ1v) is 6.17. The van der Waals surface area contributed by atoms with Crippen molar-refractivity contribution in [2.24, 2.45) is 0 Å². The topological polar surface area (TPSA) is 90.7 Å². The van der Waals surface area contributed by atoms with Gasteiger partial charge >= 0.3 is 0 Å². The summed E-state index contributed by atoms with van der Waals surface area (Å²) in [7, 11) is 1.53. The summed E-state index contributed by atoms with van der Waals surface area (Å²) in [6.45, 7) is 1.87. The number of benzene rings is 1. The molecule has 1 aromatic carbocycles. The Morgan fingerprint density at radius 3 is 2.85 bits per heavy atom. The number of carbonyl (C=O) groups excluding carboxylic acids is 1. The van der Waals surface area contributed by atoms with Crippen molar-refractivity contribution in [3.8, 4) is 5.75 Å². The Morgan fingerprint density at radius 2 is 2.25 bits per heavy atom. The summed E-state index contributed by atoms with van der Waals surface area (Å²) in [6.07, 6.45) is 0. The largest absolute Gasteiger partial charge is 0.482 e. The van der Waals surface area contributed by atoms with E-state index in [0.717, 1.165) is 0 Å². The number of nitro groups is 1. The SMILES string of the molecule is COCC(C)NC(=O)COc1cc([N+](=O)[O-])ccc1Cl. The van der Waals surface area contributed by atoms with E-state index < -0.39 is 4.92 Å². The molecule has 110 valence electrons. The fourth-order valence-corrected chi connectivity index (χ4v) is 1.64. The molecular formula is C12H15ClN2O5. The Balaban J connectivity index is 2.59. The van der Waals surface area contributed by atoms with Gasteiger partial charge in [-0.15, -0.1) is 0 Å². The van der Waals surface area contributed by atoms with E-state index in [0.29, 0.717) is 6.61 Å². The molecule has 1 unspecified atom stereocenters. The first kappa shape index (κ1) is 16.2. The number of methoxy groups -OCH3 is 1. The number of halogens is 1. The number of amides is 1. The second kappa shape index (κ2) is 7.66. The Labute approximate surface area is 121 Å². The van der Waals surface area contributed by atoms with Gasteiger partial charge in [-0.05, 0) is 13.0 Å². The highest BCUT2D eigenvalue weighted by atomic mass is 35.5. The van der Waals surface area contributed by atoms with Gasteiger partial charge in [-0.1, -0.05) is 11.6 Å². The van der Waals surface area contributed by atoms with Gasteiger partial charge in [0.2, 0.25) is 0 Å². The highest BCUT2D eigenvalue weighted by molar-refractivity contribution is 6.32. The molecule has 1 amide bonds. The molecule has 0 aliphatic carbocycles. The smallest absolute Gasteiger partial charge is 0.273 e. The molecule has 1 N–H and O–H groups in total. The van der Waals surface area contributed by atoms with Gasteiger partial charge in [-0.2, -0.15) is 0 Å². The van der Waals surface area contributed by atoms with Crippen LogP contribution in [-0.4, -0.2) is 37.2 Å². The average molecular weight is 303 g/mol. The van der Waals surface area contributed by atoms with Crippen molar-refractivity contribution in [1.29, 1.82) is 0 Å². The Kier molecular flexibility index (Phi) is 6.20. The molecule has 0 aliphatic rings. The molecular weight excluding hydrogens is 288 g/mol. The fourth-order valence-electron chi connectivity index (χ4n) is 1.47. The molecule has 0 bridgehead atoms. The van der Waals surface area contributed by atoms with Crippen LogP contribution in [0.15, 0.2) is 18.2 Å². The van der Waals surface area contributed by atoms with Gasteiger partial charge in [-0.25, -0.2) is 0 Å². The van der Waals surface area contributed by atoms with Crippen molar-refractivity contribution < 1.29 is 19.2 Å². The third kappa shape index (κ3) is 5.02. The zero-order valence-electron chi connectivity index (χ0n) is 11.1. The molecule has 8 heteroatoms. The lowest BCUT2D eigenvalue weighted by Gasteiger charge is -2.13. The summed E-state index contributed by atoms with van der Waals surface area (Å²) >= 11 is 5.84. The Hall–Kier alpha value is -1.86. The molecule has 7 nitrogen and oxygen atoms in total. The zero-order chi connectivity index (χ0) is 15.1. The summed E-state index contributed by atoms with van der Waals surface area (Å²) in [4.78, 5) is 21.6. The van der Waals surface area contributed by atoms with E-state index in [2.05, 4.69) is 5.32 Å². The van der Waals surface area contributed by atoms with Crippen LogP contribution in [0.1, 0.15) is 6.92 Å². The van der Waals surface area contributed by atoms with Crippen LogP contribution in [0.4, 0.5) is 5.69 Å². The number of rotatable bonds is 7. The third-order valence-corrected chi connectivity index (χ3v) is 2.62. The molecule has 0 saturated carbocycles. The lowest BCUT2D eigenvalue weighted by Crippen LogP contribution is -2.38. The predicted octanol–water partition coefficient (Wildman–Crippen LogP) is 1.78. The molecule has 0 aromatic heterocycles. The van der Waals surface area contributed by atoms with Crippen molar-refractivity contribution in [3.05, 3.63) is 33.3 Å². The number of hydrogen-bond acceptors (Lipinski definition) is 5. The van der Waals surface area contributed by atoms with Gasteiger partial charge in [0.05, 0.1) is 22.6 Å². The molecule has 20 heavy (non-hydrogen) atoms. The van der Waals surface area contributed by atoms with Crippen molar-refractivity contribution in [2.45, 2.75) is 13.0 Å². The van der Waals surface area contributed by atoms with Crippen molar-refractivity contribution in [1.82, 2.24) is 5.32 Å². The standard InChI is InChI=1S/C12H15ClN2O5/c1-8(6-19-2)14-12(16)7-20-11-5-9(15(17)18)3-4-10(11)13/h3-5,8H,6-7H2,1-2H3,(H,14,16). The maximum absolute atomic E-state index is 11.6. The molecule has 0 spiro atoms. The number of nitrogens with one attached hydrogen (secondary N) is 1. The molecule has 1 rings (SSSR count). The zero-order valence-corrected chi connectivity index (χ0v) is 11.8. The second-order valence-corrected chi connectivity index (χ2v) is 4.49. The van der Waals surface area contributed by atoms with Crippen molar-refractivity contribution in [3.63, 3.8) is 0 Å². The highest BCUT2D eigenvalue weighted by Gasteiger charge is 2.13. The van der Waals surface area contributed by atoms with Crippen molar-refractivity contribution in [2.75, 3.05) is 20.3 Å². The number of nitro benzene ring substituents is 1. The minimum atomic E-state index is -0.566. The predicted molar refractivity (Wildman–Crippen MR) is 73.1 cm³/mol. The van der Waals surface area contributed by atoms with Crippen LogP contribution in [0, 0.1) is 10.1 Å². The van der Waals surface area contributed by atoms with Gasteiger partial charge in [0.15, 0.2) is 6.61 Å². The van der Waals surface area contributed by atoms with Gasteiger partial charge in [0.25, 0.3) is 11.6 Å². The first-order valence-electron chi connectivity index (χ1n) is 5.79. The first-order chi connectivity index (χ1) is 9.43. The molecule has 1 atom stereocenters. The summed E-state index contributed by atoms with van der Waals surface area (Å²) in [5.74, 6) is -0.271. The van der Waals surface area contributed by atoms with Crippen LogP contribution in [0.3, 0.4) is 0 Å². The maximum atomic E-state index is 11.6. The number of non-ortho nitro benzene ring substituents is 1. The molecule has 0 heterocycles. The summed E-state index contributed by atoms with van der Waals surface area (Å²) in [5, 5.41) is 13.5. The van der Waals surface area contributed by atoms with Crippen LogP contribution >= 0.6 is 11.6 Å². The van der Waals surface area contributed by atoms with E-state index in [-0.39, 0.29) is 35.0 Å². The lowest BCUT2D eigenvalue weighted by atomic mass is 10.3. The molecule has 0 radical (unpaired) electrons. The molecule has 0 fully saturated rings. The summed E-state index contributed by atoms with van der Waals surface area (Å²) < 4.78 is 10.1. The second-order valence-electron chi connectivity index (χ2n) is 4.08. The highest BCUT2D eigenvalue weighted by Crippen LogP contribution is 2.28. The molecule has 0 saturated heterocycles. The van der Waals surface area contributed by atoms with Crippen LogP contribution < -0.4 is 10.1 Å². The third-order valence-electron chi connectivity index (χ3n) is 2.31. The van der Waals surface area contributed by atoms with Gasteiger partial charge < -0.3 is 14.8 Å². The summed E-state index contributed by atoms with van der Waals surface area (Å²) in [5.41, 5.74) is -0.155. The van der Waals surface area contributed by atoms with Crippen molar-refractivity contribution >= 4 is 23.2 Å². The van der Waals surface area contributed by atoms with E-state index in [1.807, 2.05) is 0 Å². The van der Waals surface area contributed by atoms with E-state index >= 15 is 0 Å². The van der Waals surface area contributed by atoms with E-state index in [1.165, 1.54) is 25.3 Å². The monoisotopic (exact) mass is 302 g/mol. The van der Waals surface area contributed by atoms with Crippen LogP contribution in [-0.2, 0) is 9.53 Å². The Bertz CT molecular complexity index is 495. The van der Waals surface area contributed by atoms with Crippen LogP contribution in [0.25, 0.3) is 0 Å². The number of nitrogens with zero attached hydrogens (tertiary/aromatic N) is 1. The number of ether oxygens (including phenoxy) is 2. The van der Waals surface area contributed by atoms with E-state index in [4.69, 9.17) is 21.1 Å². The van der Waals surface area contributed by atoms with Gasteiger partial charge in [0.1, 0.15) is 5.75 Å². The fraction of sp³-hybridized carbons (Fsp3) is 0.417. The van der Waals surface area contributed by atoms with Crippen LogP contribution in [0.2, 0.25) is 5.02 Å². The van der Waals surface area contributed by atoms with E-state index in [9.17, 15) is 14.9 Å². The van der Waals surface area contributed by atoms with Gasteiger partial charge in [0, 0.05) is 19.2 Å². The minimum absolute atomic E-state index is 0.0930. The van der Waals surface area contributed by atoms with Gasteiger partial charge in [-0.3, -0.25) is 14.9 Å². The normalized spacial score (nSPS) is 11.8. The van der Waals surface area contributed by atoms with Crippen LogP contribution in [0.5, 0.6) is 5.75 Å². The lowest BCUT2D eigenvalue weighted by molar-refractivity contribution is -0.384. The average Bonchev–Trinajstić information content (AvgIpc) is 2.37. The maximum Gasteiger partial charge on any atom is 0.273 e. The quantitative estimate of drug-likeness (QED) is 0.612. The molecule has 1 aromatic rings. The number of carbonyl (C=O) groups is 1. The number of hydrogen-bond donors (Lipinski definition) is 1. The van der Waals surface area contributed by atoms with E-state index in [1.54, 1.807) is 6.92 Å². The minimum Gasteiger partial charge on any atom is -0.482 e.